The molecular weight excluding hydrogens is 174 g/mol. The van der Waals surface area contributed by atoms with Gasteiger partial charge in [-0.05, 0) is 31.7 Å². The summed E-state index contributed by atoms with van der Waals surface area (Å²) in [5.41, 5.74) is 0. The van der Waals surface area contributed by atoms with E-state index in [1.165, 1.54) is 38.6 Å². The Bertz CT molecular complexity index is 145. The van der Waals surface area contributed by atoms with Gasteiger partial charge in [-0.15, -0.1) is 0 Å². The molecule has 84 valence electrons. The molecule has 2 unspecified atom stereocenters. The van der Waals surface area contributed by atoms with Gasteiger partial charge in [0.1, 0.15) is 0 Å². The lowest BCUT2D eigenvalue weighted by Crippen LogP contribution is -2.31. The number of hydrogen-bond donors (Lipinski definition) is 1. The van der Waals surface area contributed by atoms with Crippen LogP contribution in [0, 0.1) is 5.92 Å². The van der Waals surface area contributed by atoms with Crippen molar-refractivity contribution in [1.29, 1.82) is 0 Å². The predicted molar refractivity (Wildman–Crippen MR) is 60.5 cm³/mol. The zero-order valence-electron chi connectivity index (χ0n) is 9.88. The van der Waals surface area contributed by atoms with Crippen molar-refractivity contribution in [2.75, 3.05) is 13.7 Å². The molecule has 0 spiro atoms. The van der Waals surface area contributed by atoms with Crippen molar-refractivity contribution in [3.8, 4) is 0 Å². The van der Waals surface area contributed by atoms with Gasteiger partial charge in [0.25, 0.3) is 0 Å². The highest BCUT2D eigenvalue weighted by molar-refractivity contribution is 4.81. The molecule has 1 fully saturated rings. The van der Waals surface area contributed by atoms with Crippen molar-refractivity contribution in [3.05, 3.63) is 0 Å². The fraction of sp³-hybridized carbons (Fsp3) is 1.00. The highest BCUT2D eigenvalue weighted by Crippen LogP contribution is 2.21. The molecule has 0 bridgehead atoms. The summed E-state index contributed by atoms with van der Waals surface area (Å²) >= 11 is 0. The Balaban J connectivity index is 2.13. The molecule has 2 nitrogen and oxygen atoms in total. The van der Waals surface area contributed by atoms with Crippen LogP contribution < -0.4 is 5.32 Å². The van der Waals surface area contributed by atoms with Gasteiger partial charge in [0, 0.05) is 13.2 Å². The highest BCUT2D eigenvalue weighted by atomic mass is 16.5. The maximum absolute atomic E-state index is 5.36. The molecule has 1 aliphatic rings. The van der Waals surface area contributed by atoms with Crippen LogP contribution in [-0.2, 0) is 4.74 Å². The zero-order chi connectivity index (χ0) is 10.4. The molecular formula is C12H25NO. The topological polar surface area (TPSA) is 21.3 Å². The molecule has 1 saturated carbocycles. The van der Waals surface area contributed by atoms with Crippen molar-refractivity contribution in [1.82, 2.24) is 5.32 Å². The summed E-state index contributed by atoms with van der Waals surface area (Å²) in [4.78, 5) is 0. The second-order valence-corrected chi connectivity index (χ2v) is 4.46. The summed E-state index contributed by atoms with van der Waals surface area (Å²) in [5, 5.41) is 3.67. The first-order chi connectivity index (χ1) is 6.80. The Labute approximate surface area is 88.4 Å². The third-order valence-electron chi connectivity index (χ3n) is 3.57. The molecule has 2 heteroatoms. The molecule has 14 heavy (non-hydrogen) atoms. The summed E-state index contributed by atoms with van der Waals surface area (Å²) in [5.74, 6) is 0.858. The molecule has 1 rings (SSSR count). The normalized spacial score (nSPS) is 27.4. The third kappa shape index (κ3) is 3.58. The largest absolute Gasteiger partial charge is 0.381 e. The van der Waals surface area contributed by atoms with Crippen molar-refractivity contribution in [2.24, 2.45) is 5.92 Å². The summed E-state index contributed by atoms with van der Waals surface area (Å²) in [6.45, 7) is 5.75. The number of methoxy groups -OCH3 is 1. The average Bonchev–Trinajstić information content (AvgIpc) is 2.67. The Morgan fingerprint density at radius 3 is 2.50 bits per heavy atom. The van der Waals surface area contributed by atoms with E-state index in [0.717, 1.165) is 5.92 Å². The minimum Gasteiger partial charge on any atom is -0.381 e. The van der Waals surface area contributed by atoms with Crippen LogP contribution in [0.2, 0.25) is 0 Å². The Morgan fingerprint density at radius 2 is 2.00 bits per heavy atom. The molecule has 0 aliphatic heterocycles. The second-order valence-electron chi connectivity index (χ2n) is 4.46. The van der Waals surface area contributed by atoms with Gasteiger partial charge in [-0.3, -0.25) is 0 Å². The SMILES string of the molecule is CCC(CC)CNC1CCC(OC)C1. The van der Waals surface area contributed by atoms with E-state index in [1.54, 1.807) is 0 Å². The molecule has 2 atom stereocenters. The van der Waals surface area contributed by atoms with Gasteiger partial charge >= 0.3 is 0 Å². The Morgan fingerprint density at radius 1 is 1.29 bits per heavy atom. The number of nitrogens with one attached hydrogen (secondary N) is 1. The number of rotatable bonds is 6. The Kier molecular flexibility index (Phi) is 5.49. The lowest BCUT2D eigenvalue weighted by atomic mass is 10.0. The fourth-order valence-corrected chi connectivity index (χ4v) is 2.25. The van der Waals surface area contributed by atoms with Gasteiger partial charge < -0.3 is 10.1 Å². The van der Waals surface area contributed by atoms with Gasteiger partial charge in [-0.2, -0.15) is 0 Å². The van der Waals surface area contributed by atoms with E-state index in [-0.39, 0.29) is 0 Å². The van der Waals surface area contributed by atoms with Crippen molar-refractivity contribution >= 4 is 0 Å². The van der Waals surface area contributed by atoms with E-state index in [9.17, 15) is 0 Å². The second kappa shape index (κ2) is 6.41. The van der Waals surface area contributed by atoms with Crippen LogP contribution in [0.3, 0.4) is 0 Å². The molecule has 0 aromatic rings. The molecule has 1 N–H and O–H groups in total. The molecule has 0 amide bonds. The van der Waals surface area contributed by atoms with Crippen molar-refractivity contribution in [2.45, 2.75) is 58.1 Å². The first-order valence-electron chi connectivity index (χ1n) is 6.06. The maximum Gasteiger partial charge on any atom is 0.0586 e. The van der Waals surface area contributed by atoms with Crippen molar-refractivity contribution in [3.63, 3.8) is 0 Å². The van der Waals surface area contributed by atoms with Crippen LogP contribution in [0.4, 0.5) is 0 Å². The van der Waals surface area contributed by atoms with Crippen LogP contribution in [0.5, 0.6) is 0 Å². The van der Waals surface area contributed by atoms with E-state index in [1.807, 2.05) is 7.11 Å². The quantitative estimate of drug-likeness (QED) is 0.710. The van der Waals surface area contributed by atoms with E-state index >= 15 is 0 Å². The van der Waals surface area contributed by atoms with Crippen LogP contribution >= 0.6 is 0 Å². The predicted octanol–water partition coefficient (Wildman–Crippen LogP) is 2.58. The summed E-state index contributed by atoms with van der Waals surface area (Å²) in [6.07, 6.45) is 6.83. The van der Waals surface area contributed by atoms with Crippen molar-refractivity contribution < 1.29 is 4.74 Å². The first kappa shape index (κ1) is 12.0. The number of ether oxygens (including phenoxy) is 1. The molecule has 0 saturated heterocycles. The first-order valence-corrected chi connectivity index (χ1v) is 6.06. The van der Waals surface area contributed by atoms with E-state index in [2.05, 4.69) is 19.2 Å². The van der Waals surface area contributed by atoms with E-state index in [0.29, 0.717) is 12.1 Å². The third-order valence-corrected chi connectivity index (χ3v) is 3.57. The van der Waals surface area contributed by atoms with Crippen LogP contribution in [0.25, 0.3) is 0 Å². The van der Waals surface area contributed by atoms with Gasteiger partial charge in [0.05, 0.1) is 6.10 Å². The van der Waals surface area contributed by atoms with E-state index < -0.39 is 0 Å². The average molecular weight is 199 g/mol. The molecule has 0 heterocycles. The minimum atomic E-state index is 0.509. The minimum absolute atomic E-state index is 0.509. The maximum atomic E-state index is 5.36. The molecule has 0 aromatic heterocycles. The standard InChI is InChI=1S/C12H25NO/c1-4-10(5-2)9-13-11-6-7-12(8-11)14-3/h10-13H,4-9H2,1-3H3. The fourth-order valence-electron chi connectivity index (χ4n) is 2.25. The van der Waals surface area contributed by atoms with Gasteiger partial charge in [0.15, 0.2) is 0 Å². The highest BCUT2D eigenvalue weighted by Gasteiger charge is 2.24. The molecule has 1 aliphatic carbocycles. The molecule has 0 aromatic carbocycles. The summed E-state index contributed by atoms with van der Waals surface area (Å²) < 4.78 is 5.36. The lowest BCUT2D eigenvalue weighted by Gasteiger charge is -2.17. The smallest absolute Gasteiger partial charge is 0.0586 e. The van der Waals surface area contributed by atoms with Gasteiger partial charge in [0.2, 0.25) is 0 Å². The monoisotopic (exact) mass is 199 g/mol. The van der Waals surface area contributed by atoms with E-state index in [4.69, 9.17) is 4.74 Å². The molecule has 0 radical (unpaired) electrons. The van der Waals surface area contributed by atoms with Gasteiger partial charge in [-0.1, -0.05) is 26.7 Å². The lowest BCUT2D eigenvalue weighted by molar-refractivity contribution is 0.107. The zero-order valence-corrected chi connectivity index (χ0v) is 9.88. The van der Waals surface area contributed by atoms with Gasteiger partial charge in [-0.25, -0.2) is 0 Å². The summed E-state index contributed by atoms with van der Waals surface area (Å²) in [7, 11) is 1.83. The number of hydrogen-bond acceptors (Lipinski definition) is 2. The summed E-state index contributed by atoms with van der Waals surface area (Å²) in [6, 6.07) is 0.709. The van der Waals surface area contributed by atoms with Crippen LogP contribution in [-0.4, -0.2) is 25.8 Å². The Hall–Kier alpha value is -0.0800. The van der Waals surface area contributed by atoms with Crippen LogP contribution in [0.1, 0.15) is 46.0 Å². The van der Waals surface area contributed by atoms with Crippen LogP contribution in [0.15, 0.2) is 0 Å².